The third-order valence-corrected chi connectivity index (χ3v) is 2.78. The predicted octanol–water partition coefficient (Wildman–Crippen LogP) is 3.02. The zero-order valence-corrected chi connectivity index (χ0v) is 10.8. The molecule has 1 heterocycles. The predicted molar refractivity (Wildman–Crippen MR) is 72.7 cm³/mol. The third kappa shape index (κ3) is 3.00. The molecule has 2 aromatic rings. The molecule has 0 saturated carbocycles. The van der Waals surface area contributed by atoms with Crippen LogP contribution in [0.4, 0.5) is 15.8 Å². The summed E-state index contributed by atoms with van der Waals surface area (Å²) in [6.45, 7) is 1.83. The number of anilines is 2. The van der Waals surface area contributed by atoms with E-state index in [-0.39, 0.29) is 16.4 Å². The van der Waals surface area contributed by atoms with Gasteiger partial charge in [0, 0.05) is 11.8 Å². The summed E-state index contributed by atoms with van der Waals surface area (Å²) < 4.78 is 13.0. The molecular formula is C13H11ClFN3O. The van der Waals surface area contributed by atoms with Gasteiger partial charge in [0.05, 0.1) is 11.4 Å². The number of amides is 1. The van der Waals surface area contributed by atoms with Gasteiger partial charge in [-0.05, 0) is 36.8 Å². The molecule has 98 valence electrons. The molecule has 6 heteroatoms. The van der Waals surface area contributed by atoms with Crippen LogP contribution in [0, 0.1) is 12.7 Å². The van der Waals surface area contributed by atoms with Gasteiger partial charge in [-0.25, -0.2) is 9.37 Å². The Kier molecular flexibility index (Phi) is 3.66. The maximum Gasteiger partial charge on any atom is 0.255 e. The lowest BCUT2D eigenvalue weighted by molar-refractivity contribution is 0.102. The molecule has 0 bridgehead atoms. The van der Waals surface area contributed by atoms with Crippen LogP contribution >= 0.6 is 11.6 Å². The Morgan fingerprint density at radius 2 is 2.16 bits per heavy atom. The second kappa shape index (κ2) is 5.24. The summed E-state index contributed by atoms with van der Waals surface area (Å²) in [6, 6.07) is 5.44. The molecule has 1 aromatic heterocycles. The fourth-order valence-corrected chi connectivity index (χ4v) is 1.67. The molecule has 3 N–H and O–H groups in total. The minimum Gasteiger partial charge on any atom is -0.396 e. The molecule has 0 spiro atoms. The first-order valence-corrected chi connectivity index (χ1v) is 5.83. The van der Waals surface area contributed by atoms with Gasteiger partial charge in [-0.1, -0.05) is 11.6 Å². The molecule has 0 radical (unpaired) electrons. The normalized spacial score (nSPS) is 10.3. The van der Waals surface area contributed by atoms with Gasteiger partial charge in [0.1, 0.15) is 5.82 Å². The first-order valence-electron chi connectivity index (χ1n) is 5.46. The van der Waals surface area contributed by atoms with Crippen LogP contribution in [0.5, 0.6) is 0 Å². The van der Waals surface area contributed by atoms with E-state index in [1.807, 2.05) is 6.92 Å². The van der Waals surface area contributed by atoms with E-state index < -0.39 is 11.7 Å². The highest BCUT2D eigenvalue weighted by Crippen LogP contribution is 2.21. The Labute approximate surface area is 114 Å². The van der Waals surface area contributed by atoms with Gasteiger partial charge in [-0.15, -0.1) is 0 Å². The van der Waals surface area contributed by atoms with Gasteiger partial charge in [0.25, 0.3) is 5.91 Å². The Hall–Kier alpha value is -2.14. The van der Waals surface area contributed by atoms with E-state index in [0.29, 0.717) is 5.69 Å². The number of rotatable bonds is 2. The minimum atomic E-state index is -0.563. The second-order valence-electron chi connectivity index (χ2n) is 4.04. The molecule has 0 aliphatic carbocycles. The second-order valence-corrected chi connectivity index (χ2v) is 4.40. The Balaban J connectivity index is 2.25. The number of nitrogens with one attached hydrogen (secondary N) is 1. The van der Waals surface area contributed by atoms with Crippen LogP contribution in [-0.2, 0) is 0 Å². The number of pyridine rings is 1. The van der Waals surface area contributed by atoms with E-state index in [0.717, 1.165) is 11.6 Å². The standard InChI is InChI=1S/C13H11ClFN3O/c1-7-4-11(12(14)17-6-7)18-13(19)8-2-3-9(15)10(16)5-8/h2-6H,16H2,1H3,(H,18,19). The molecule has 2 rings (SSSR count). The average Bonchev–Trinajstić information content (AvgIpc) is 2.37. The number of hydrogen-bond donors (Lipinski definition) is 2. The Morgan fingerprint density at radius 1 is 1.42 bits per heavy atom. The minimum absolute atomic E-state index is 0.0823. The lowest BCUT2D eigenvalue weighted by atomic mass is 10.2. The van der Waals surface area contributed by atoms with Crippen LogP contribution in [0.3, 0.4) is 0 Å². The van der Waals surface area contributed by atoms with Gasteiger partial charge < -0.3 is 11.1 Å². The number of benzene rings is 1. The number of halogens is 2. The van der Waals surface area contributed by atoms with E-state index in [2.05, 4.69) is 10.3 Å². The summed E-state index contributed by atoms with van der Waals surface area (Å²) in [5, 5.41) is 2.79. The molecular weight excluding hydrogens is 269 g/mol. The van der Waals surface area contributed by atoms with Crippen molar-refractivity contribution in [3.05, 3.63) is 52.6 Å². The molecule has 0 aliphatic rings. The van der Waals surface area contributed by atoms with Crippen molar-refractivity contribution in [2.45, 2.75) is 6.92 Å². The zero-order chi connectivity index (χ0) is 14.0. The number of nitrogens with two attached hydrogens (primary N) is 1. The number of carbonyl (C=O) groups is 1. The SMILES string of the molecule is Cc1cnc(Cl)c(NC(=O)c2ccc(F)c(N)c2)c1. The number of nitrogen functional groups attached to an aromatic ring is 1. The van der Waals surface area contributed by atoms with Gasteiger partial charge in [-0.3, -0.25) is 4.79 Å². The van der Waals surface area contributed by atoms with Gasteiger partial charge in [0.15, 0.2) is 5.15 Å². The van der Waals surface area contributed by atoms with Crippen molar-refractivity contribution >= 4 is 28.9 Å². The third-order valence-electron chi connectivity index (χ3n) is 2.48. The van der Waals surface area contributed by atoms with E-state index in [4.69, 9.17) is 17.3 Å². The van der Waals surface area contributed by atoms with Crippen molar-refractivity contribution in [2.75, 3.05) is 11.1 Å². The first-order chi connectivity index (χ1) is 8.97. The maximum absolute atomic E-state index is 13.0. The van der Waals surface area contributed by atoms with Gasteiger partial charge in [-0.2, -0.15) is 0 Å². The van der Waals surface area contributed by atoms with Crippen molar-refractivity contribution < 1.29 is 9.18 Å². The number of carbonyl (C=O) groups excluding carboxylic acids is 1. The number of aromatic nitrogens is 1. The monoisotopic (exact) mass is 279 g/mol. The van der Waals surface area contributed by atoms with E-state index in [1.165, 1.54) is 12.1 Å². The fraction of sp³-hybridized carbons (Fsp3) is 0.0769. The topological polar surface area (TPSA) is 68.0 Å². The molecule has 19 heavy (non-hydrogen) atoms. The van der Waals surface area contributed by atoms with Gasteiger partial charge >= 0.3 is 0 Å². The number of nitrogens with zero attached hydrogens (tertiary/aromatic N) is 1. The van der Waals surface area contributed by atoms with Crippen molar-refractivity contribution in [3.63, 3.8) is 0 Å². The van der Waals surface area contributed by atoms with Crippen LogP contribution in [0.1, 0.15) is 15.9 Å². The van der Waals surface area contributed by atoms with Crippen molar-refractivity contribution in [2.24, 2.45) is 0 Å². The highest BCUT2D eigenvalue weighted by Gasteiger charge is 2.11. The molecule has 4 nitrogen and oxygen atoms in total. The summed E-state index contributed by atoms with van der Waals surface area (Å²) in [4.78, 5) is 15.9. The molecule has 0 atom stereocenters. The van der Waals surface area contributed by atoms with Gasteiger partial charge in [0.2, 0.25) is 0 Å². The largest absolute Gasteiger partial charge is 0.396 e. The molecule has 1 aromatic carbocycles. The number of hydrogen-bond acceptors (Lipinski definition) is 3. The van der Waals surface area contributed by atoms with E-state index in [9.17, 15) is 9.18 Å². The highest BCUT2D eigenvalue weighted by atomic mass is 35.5. The molecule has 0 saturated heterocycles. The Morgan fingerprint density at radius 3 is 2.84 bits per heavy atom. The summed E-state index contributed by atoms with van der Waals surface area (Å²) in [7, 11) is 0. The smallest absolute Gasteiger partial charge is 0.255 e. The lowest BCUT2D eigenvalue weighted by Crippen LogP contribution is -2.13. The van der Waals surface area contributed by atoms with Crippen LogP contribution in [-0.4, -0.2) is 10.9 Å². The van der Waals surface area contributed by atoms with E-state index >= 15 is 0 Å². The lowest BCUT2D eigenvalue weighted by Gasteiger charge is -2.08. The summed E-state index contributed by atoms with van der Waals surface area (Å²) in [6.07, 6.45) is 1.59. The zero-order valence-electron chi connectivity index (χ0n) is 10.1. The Bertz CT molecular complexity index is 646. The summed E-state index contributed by atoms with van der Waals surface area (Å²) in [5.74, 6) is -0.993. The molecule has 0 unspecified atom stereocenters. The molecule has 0 fully saturated rings. The number of aryl methyl sites for hydroxylation is 1. The highest BCUT2D eigenvalue weighted by molar-refractivity contribution is 6.32. The van der Waals surface area contributed by atoms with Crippen molar-refractivity contribution in [3.8, 4) is 0 Å². The van der Waals surface area contributed by atoms with Crippen LogP contribution < -0.4 is 11.1 Å². The maximum atomic E-state index is 13.0. The average molecular weight is 280 g/mol. The quantitative estimate of drug-likeness (QED) is 0.656. The van der Waals surface area contributed by atoms with Crippen LogP contribution in [0.25, 0.3) is 0 Å². The fourth-order valence-electron chi connectivity index (χ4n) is 1.52. The summed E-state index contributed by atoms with van der Waals surface area (Å²) >= 11 is 5.87. The van der Waals surface area contributed by atoms with Crippen LogP contribution in [0.2, 0.25) is 5.15 Å². The first kappa shape index (κ1) is 13.3. The van der Waals surface area contributed by atoms with Crippen molar-refractivity contribution in [1.82, 2.24) is 4.98 Å². The summed E-state index contributed by atoms with van der Waals surface area (Å²) in [5.41, 5.74) is 6.83. The molecule has 0 aliphatic heterocycles. The van der Waals surface area contributed by atoms with Crippen LogP contribution in [0.15, 0.2) is 30.5 Å². The molecule has 1 amide bonds. The van der Waals surface area contributed by atoms with E-state index in [1.54, 1.807) is 12.3 Å². The van der Waals surface area contributed by atoms with Crippen molar-refractivity contribution in [1.29, 1.82) is 0 Å².